The summed E-state index contributed by atoms with van der Waals surface area (Å²) in [4.78, 5) is 0. The largest absolute Gasteiger partial charge is 0.383 e. The smallest absolute Gasteiger partial charge is 0.203 e. The van der Waals surface area contributed by atoms with Crippen molar-refractivity contribution in [3.8, 4) is 0 Å². The molecular formula is C10F12. The molecule has 0 fully saturated rings. The molecule has 124 valence electrons. The van der Waals surface area contributed by atoms with Crippen LogP contribution in [0.3, 0.4) is 0 Å². The summed E-state index contributed by atoms with van der Waals surface area (Å²) in [6.07, 6.45) is 0. The molecule has 0 N–H and O–H groups in total. The first-order valence-electron chi connectivity index (χ1n) is 5.02. The van der Waals surface area contributed by atoms with E-state index < -0.39 is 58.1 Å². The van der Waals surface area contributed by atoms with E-state index in [1.165, 1.54) is 0 Å². The maximum atomic E-state index is 13.3. The van der Waals surface area contributed by atoms with E-state index >= 15 is 0 Å². The van der Waals surface area contributed by atoms with Crippen LogP contribution in [-0.4, -0.2) is 11.8 Å². The average molecular weight is 348 g/mol. The van der Waals surface area contributed by atoms with Gasteiger partial charge in [-0.25, -0.2) is 17.6 Å². The molecule has 0 heterocycles. The maximum Gasteiger partial charge on any atom is 0.383 e. The molecule has 0 spiro atoms. The van der Waals surface area contributed by atoms with Crippen molar-refractivity contribution in [3.05, 3.63) is 34.4 Å². The van der Waals surface area contributed by atoms with Gasteiger partial charge in [-0.05, 0) is 0 Å². The fraction of sp³-hybridized carbons (Fsp3) is 0.400. The second-order valence-electron chi connectivity index (χ2n) is 4.30. The van der Waals surface area contributed by atoms with Crippen molar-refractivity contribution in [2.24, 2.45) is 0 Å². The molecule has 0 aliphatic heterocycles. The number of benzene rings is 1. The monoisotopic (exact) mass is 348 g/mol. The van der Waals surface area contributed by atoms with E-state index in [4.69, 9.17) is 0 Å². The average Bonchev–Trinajstić information content (AvgIpc) is 2.37. The molecule has 0 aromatic heterocycles. The fourth-order valence-electron chi connectivity index (χ4n) is 1.93. The number of halogens is 12. The molecule has 12 heteroatoms. The highest BCUT2D eigenvalue weighted by molar-refractivity contribution is 5.45. The van der Waals surface area contributed by atoms with E-state index in [1.54, 1.807) is 0 Å². The van der Waals surface area contributed by atoms with Gasteiger partial charge >= 0.3 is 23.7 Å². The summed E-state index contributed by atoms with van der Waals surface area (Å²) in [5, 5.41) is 0. The van der Waals surface area contributed by atoms with Crippen molar-refractivity contribution < 1.29 is 52.7 Å². The first kappa shape index (κ1) is 16.7. The second kappa shape index (κ2) is 4.02. The predicted octanol–water partition coefficient (Wildman–Crippen LogP) is 4.71. The highest BCUT2D eigenvalue weighted by Gasteiger charge is 2.86. The zero-order chi connectivity index (χ0) is 17.5. The third-order valence-electron chi connectivity index (χ3n) is 3.08. The van der Waals surface area contributed by atoms with Gasteiger partial charge in [0.25, 0.3) is 0 Å². The van der Waals surface area contributed by atoms with Crippen LogP contribution in [0.4, 0.5) is 52.7 Å². The van der Waals surface area contributed by atoms with Crippen LogP contribution >= 0.6 is 0 Å². The van der Waals surface area contributed by atoms with Crippen LogP contribution in [-0.2, 0) is 11.8 Å². The van der Waals surface area contributed by atoms with Crippen molar-refractivity contribution in [1.82, 2.24) is 0 Å². The fourth-order valence-corrected chi connectivity index (χ4v) is 1.93. The molecule has 22 heavy (non-hydrogen) atoms. The van der Waals surface area contributed by atoms with Gasteiger partial charge in [-0.1, -0.05) is 0 Å². The Morgan fingerprint density at radius 2 is 0.636 bits per heavy atom. The molecule has 0 saturated heterocycles. The van der Waals surface area contributed by atoms with Crippen LogP contribution in [0.2, 0.25) is 0 Å². The van der Waals surface area contributed by atoms with Gasteiger partial charge in [0.1, 0.15) is 0 Å². The number of hydrogen-bond acceptors (Lipinski definition) is 0. The molecule has 1 aliphatic rings. The first-order chi connectivity index (χ1) is 9.64. The van der Waals surface area contributed by atoms with E-state index in [0.29, 0.717) is 0 Å². The third kappa shape index (κ3) is 1.47. The Balaban J connectivity index is 3.11. The van der Waals surface area contributed by atoms with Crippen LogP contribution in [0, 0.1) is 23.3 Å². The Kier molecular flexibility index (Phi) is 3.06. The van der Waals surface area contributed by atoms with Gasteiger partial charge in [0.2, 0.25) is 0 Å². The molecular weight excluding hydrogens is 348 g/mol. The normalized spacial score (nSPS) is 24.0. The minimum atomic E-state index is -6.89. The van der Waals surface area contributed by atoms with E-state index in [0.717, 1.165) is 0 Å². The Labute approximate surface area is 112 Å². The van der Waals surface area contributed by atoms with E-state index in [-0.39, 0.29) is 0 Å². The van der Waals surface area contributed by atoms with Gasteiger partial charge in [0.05, 0.1) is 11.1 Å². The summed E-state index contributed by atoms with van der Waals surface area (Å²) in [6, 6.07) is 0. The molecule has 0 nitrogen and oxygen atoms in total. The van der Waals surface area contributed by atoms with Crippen LogP contribution < -0.4 is 0 Å². The van der Waals surface area contributed by atoms with Crippen molar-refractivity contribution in [1.29, 1.82) is 0 Å². The summed E-state index contributed by atoms with van der Waals surface area (Å²) in [6.45, 7) is 0. The SMILES string of the molecule is Fc1c(F)c(F)c2c(c1F)C(F)(F)C(F)(F)C(F)(F)C2(F)F. The van der Waals surface area contributed by atoms with E-state index in [2.05, 4.69) is 0 Å². The summed E-state index contributed by atoms with van der Waals surface area (Å²) in [5.41, 5.74) is -6.71. The molecule has 1 aliphatic carbocycles. The summed E-state index contributed by atoms with van der Waals surface area (Å²) in [7, 11) is 0. The Morgan fingerprint density at radius 3 is 0.864 bits per heavy atom. The Morgan fingerprint density at radius 1 is 0.409 bits per heavy atom. The zero-order valence-corrected chi connectivity index (χ0v) is 9.54. The molecule has 0 unspecified atom stereocenters. The molecule has 0 bridgehead atoms. The highest BCUT2D eigenvalue weighted by atomic mass is 19.4. The molecule has 0 saturated carbocycles. The lowest BCUT2D eigenvalue weighted by atomic mass is 9.79. The minimum absolute atomic E-state index is 3.12. The van der Waals surface area contributed by atoms with Crippen LogP contribution in [0.15, 0.2) is 0 Å². The predicted molar refractivity (Wildman–Crippen MR) is 44.0 cm³/mol. The van der Waals surface area contributed by atoms with Gasteiger partial charge < -0.3 is 0 Å². The zero-order valence-electron chi connectivity index (χ0n) is 9.54. The lowest BCUT2D eigenvalue weighted by molar-refractivity contribution is -0.388. The minimum Gasteiger partial charge on any atom is -0.203 e. The first-order valence-corrected chi connectivity index (χ1v) is 5.02. The van der Waals surface area contributed by atoms with E-state index in [1.807, 2.05) is 0 Å². The molecule has 0 amide bonds. The quantitative estimate of drug-likeness (QED) is 0.362. The Hall–Kier alpha value is -1.62. The van der Waals surface area contributed by atoms with Crippen molar-refractivity contribution in [3.63, 3.8) is 0 Å². The number of hydrogen-bond donors (Lipinski definition) is 0. The highest BCUT2D eigenvalue weighted by Crippen LogP contribution is 2.65. The number of rotatable bonds is 0. The van der Waals surface area contributed by atoms with Crippen LogP contribution in [0.1, 0.15) is 11.1 Å². The number of alkyl halides is 8. The molecule has 1 aromatic carbocycles. The van der Waals surface area contributed by atoms with Gasteiger partial charge in [-0.15, -0.1) is 0 Å². The van der Waals surface area contributed by atoms with Crippen molar-refractivity contribution >= 4 is 0 Å². The summed E-state index contributed by atoms with van der Waals surface area (Å²) < 4.78 is 157. The van der Waals surface area contributed by atoms with Crippen molar-refractivity contribution in [2.45, 2.75) is 23.7 Å². The van der Waals surface area contributed by atoms with Crippen LogP contribution in [0.5, 0.6) is 0 Å². The van der Waals surface area contributed by atoms with Gasteiger partial charge in [-0.2, -0.15) is 35.1 Å². The Bertz CT molecular complexity index is 602. The maximum absolute atomic E-state index is 13.3. The summed E-state index contributed by atoms with van der Waals surface area (Å²) >= 11 is 0. The molecule has 0 atom stereocenters. The lowest BCUT2D eigenvalue weighted by Crippen LogP contribution is -2.64. The third-order valence-corrected chi connectivity index (χ3v) is 3.08. The van der Waals surface area contributed by atoms with Gasteiger partial charge in [0.15, 0.2) is 23.3 Å². The van der Waals surface area contributed by atoms with Crippen LogP contribution in [0.25, 0.3) is 0 Å². The van der Waals surface area contributed by atoms with E-state index in [9.17, 15) is 52.7 Å². The lowest BCUT2D eigenvalue weighted by Gasteiger charge is -2.42. The standard InChI is InChI=1S/C10F12/c11-3-1-2(4(12)6(14)5(3)13)8(17,18)10(21,22)9(19,20)7(1,15)16. The molecule has 1 aromatic rings. The topological polar surface area (TPSA) is 0 Å². The van der Waals surface area contributed by atoms with Crippen molar-refractivity contribution in [2.75, 3.05) is 0 Å². The van der Waals surface area contributed by atoms with Gasteiger partial charge in [-0.3, -0.25) is 0 Å². The number of fused-ring (bicyclic) bond motifs is 1. The molecule has 0 radical (unpaired) electrons. The van der Waals surface area contributed by atoms with Gasteiger partial charge in [0, 0.05) is 0 Å². The molecule has 2 rings (SSSR count). The summed E-state index contributed by atoms with van der Waals surface area (Å²) in [5.74, 6) is -39.5. The second-order valence-corrected chi connectivity index (χ2v) is 4.30.